The summed E-state index contributed by atoms with van der Waals surface area (Å²) < 4.78 is 5.10. The average molecular weight is 354 g/mol. The molecule has 0 bridgehead atoms. The van der Waals surface area contributed by atoms with Crippen LogP contribution in [0, 0.1) is 28.6 Å². The SMILES string of the molecule is C[C@@H]1C[C@H](O)[C@]2(CO)[C@H](CCC[C@@]2(C)O)[C@@]1(C)CCC1COC(=O)C1. The van der Waals surface area contributed by atoms with E-state index in [1.54, 1.807) is 6.92 Å². The van der Waals surface area contributed by atoms with Crippen molar-refractivity contribution in [3.8, 4) is 0 Å². The fraction of sp³-hybridized carbons (Fsp3) is 0.950. The van der Waals surface area contributed by atoms with Crippen molar-refractivity contribution < 1.29 is 24.9 Å². The normalized spacial score (nSPS) is 50.4. The molecule has 0 aromatic carbocycles. The Morgan fingerprint density at radius 3 is 2.64 bits per heavy atom. The number of carbonyl (C=O) groups is 1. The second-order valence-electron chi connectivity index (χ2n) is 9.37. The monoisotopic (exact) mass is 354 g/mol. The quantitative estimate of drug-likeness (QED) is 0.674. The lowest BCUT2D eigenvalue weighted by atomic mass is 9.42. The van der Waals surface area contributed by atoms with Crippen molar-refractivity contribution in [2.24, 2.45) is 28.6 Å². The highest BCUT2D eigenvalue weighted by Crippen LogP contribution is 2.64. The number of aliphatic hydroxyl groups excluding tert-OH is 2. The van der Waals surface area contributed by atoms with Crippen molar-refractivity contribution in [2.75, 3.05) is 13.2 Å². The molecule has 144 valence electrons. The first-order chi connectivity index (χ1) is 11.7. The Kier molecular flexibility index (Phi) is 4.97. The van der Waals surface area contributed by atoms with Gasteiger partial charge in [0.2, 0.25) is 0 Å². The number of cyclic esters (lactones) is 1. The molecule has 0 spiro atoms. The molecule has 7 atom stereocenters. The van der Waals surface area contributed by atoms with Gasteiger partial charge in [-0.05, 0) is 56.3 Å². The molecule has 5 heteroatoms. The second kappa shape index (κ2) is 6.50. The topological polar surface area (TPSA) is 87.0 Å². The summed E-state index contributed by atoms with van der Waals surface area (Å²) in [5, 5.41) is 32.4. The highest BCUT2D eigenvalue weighted by Gasteiger charge is 2.66. The summed E-state index contributed by atoms with van der Waals surface area (Å²) in [6.45, 7) is 6.57. The van der Waals surface area contributed by atoms with Crippen molar-refractivity contribution in [3.05, 3.63) is 0 Å². The van der Waals surface area contributed by atoms with E-state index >= 15 is 0 Å². The number of aliphatic hydroxyl groups is 3. The molecule has 0 radical (unpaired) electrons. The lowest BCUT2D eigenvalue weighted by Crippen LogP contribution is -2.68. The minimum absolute atomic E-state index is 0.0714. The molecule has 0 aromatic heterocycles. The van der Waals surface area contributed by atoms with E-state index < -0.39 is 17.1 Å². The van der Waals surface area contributed by atoms with Crippen LogP contribution < -0.4 is 0 Å². The standard InChI is InChI=1S/C20H34O5/c1-13-9-16(22)20(12-21)15(5-4-7-19(20,3)24)18(13,2)8-6-14-10-17(23)25-11-14/h13-16,21-22,24H,4-12H2,1-3H3/t13-,14?,15-,16+,18+,19-,20+/m1/s1. The molecule has 2 saturated carbocycles. The molecular formula is C20H34O5. The molecule has 3 rings (SSSR count). The lowest BCUT2D eigenvalue weighted by Gasteiger charge is -2.65. The fourth-order valence-corrected chi connectivity index (χ4v) is 6.25. The molecule has 1 unspecified atom stereocenters. The van der Waals surface area contributed by atoms with Gasteiger partial charge in [0, 0.05) is 5.92 Å². The van der Waals surface area contributed by atoms with E-state index in [1.807, 2.05) is 0 Å². The van der Waals surface area contributed by atoms with Gasteiger partial charge in [-0.3, -0.25) is 4.79 Å². The minimum Gasteiger partial charge on any atom is -0.465 e. The molecule has 1 aliphatic heterocycles. The predicted octanol–water partition coefficient (Wildman–Crippen LogP) is 2.27. The zero-order valence-electron chi connectivity index (χ0n) is 15.8. The van der Waals surface area contributed by atoms with Crippen LogP contribution in [0.2, 0.25) is 0 Å². The summed E-state index contributed by atoms with van der Waals surface area (Å²) in [6.07, 6.45) is 4.74. The molecule has 1 heterocycles. The van der Waals surface area contributed by atoms with Crippen LogP contribution in [0.3, 0.4) is 0 Å². The Hall–Kier alpha value is -0.650. The van der Waals surface area contributed by atoms with Crippen LogP contribution in [0.5, 0.6) is 0 Å². The number of esters is 1. The summed E-state index contributed by atoms with van der Waals surface area (Å²) in [5.41, 5.74) is -1.98. The van der Waals surface area contributed by atoms with Gasteiger partial charge in [-0.15, -0.1) is 0 Å². The van der Waals surface area contributed by atoms with E-state index in [1.165, 1.54) is 0 Å². The summed E-state index contributed by atoms with van der Waals surface area (Å²) in [5.74, 6) is 0.549. The smallest absolute Gasteiger partial charge is 0.306 e. The van der Waals surface area contributed by atoms with Gasteiger partial charge in [0.05, 0.1) is 36.8 Å². The molecule has 2 aliphatic carbocycles. The van der Waals surface area contributed by atoms with Crippen LogP contribution in [-0.2, 0) is 9.53 Å². The maximum atomic E-state index is 11.4. The Morgan fingerprint density at radius 2 is 2.04 bits per heavy atom. The van der Waals surface area contributed by atoms with Gasteiger partial charge in [0.15, 0.2) is 0 Å². The Labute approximate surface area is 150 Å². The van der Waals surface area contributed by atoms with Crippen molar-refractivity contribution in [1.29, 1.82) is 0 Å². The van der Waals surface area contributed by atoms with Gasteiger partial charge in [-0.2, -0.15) is 0 Å². The average Bonchev–Trinajstić information content (AvgIpc) is 2.96. The largest absolute Gasteiger partial charge is 0.465 e. The number of hydrogen-bond donors (Lipinski definition) is 3. The zero-order chi connectivity index (χ0) is 18.5. The third kappa shape index (κ3) is 2.83. The highest BCUT2D eigenvalue weighted by molar-refractivity contribution is 5.71. The van der Waals surface area contributed by atoms with E-state index in [-0.39, 0.29) is 29.8 Å². The molecular weight excluding hydrogens is 320 g/mol. The van der Waals surface area contributed by atoms with Crippen LogP contribution in [0.25, 0.3) is 0 Å². The van der Waals surface area contributed by atoms with Crippen LogP contribution >= 0.6 is 0 Å². The summed E-state index contributed by atoms with van der Waals surface area (Å²) >= 11 is 0. The van der Waals surface area contributed by atoms with E-state index in [0.717, 1.165) is 25.7 Å². The van der Waals surface area contributed by atoms with Crippen molar-refractivity contribution in [2.45, 2.75) is 77.4 Å². The van der Waals surface area contributed by atoms with Crippen LogP contribution in [0.1, 0.15) is 65.7 Å². The van der Waals surface area contributed by atoms with Gasteiger partial charge in [-0.1, -0.05) is 20.3 Å². The number of hydrogen-bond acceptors (Lipinski definition) is 5. The summed E-state index contributed by atoms with van der Waals surface area (Å²) in [6, 6.07) is 0. The molecule has 3 aliphatic rings. The Morgan fingerprint density at radius 1 is 1.32 bits per heavy atom. The van der Waals surface area contributed by atoms with Gasteiger partial charge in [0.1, 0.15) is 0 Å². The van der Waals surface area contributed by atoms with Crippen molar-refractivity contribution in [3.63, 3.8) is 0 Å². The maximum Gasteiger partial charge on any atom is 0.306 e. The third-order valence-corrected chi connectivity index (χ3v) is 8.16. The highest BCUT2D eigenvalue weighted by atomic mass is 16.5. The molecule has 3 fully saturated rings. The van der Waals surface area contributed by atoms with E-state index in [2.05, 4.69) is 13.8 Å². The molecule has 25 heavy (non-hydrogen) atoms. The molecule has 0 amide bonds. The maximum absolute atomic E-state index is 11.4. The lowest BCUT2D eigenvalue weighted by molar-refractivity contribution is -0.262. The molecule has 5 nitrogen and oxygen atoms in total. The summed E-state index contributed by atoms with van der Waals surface area (Å²) in [7, 11) is 0. The van der Waals surface area contributed by atoms with Gasteiger partial charge >= 0.3 is 5.97 Å². The Balaban J connectivity index is 1.88. The Bertz CT molecular complexity index is 518. The number of ether oxygens (including phenoxy) is 1. The van der Waals surface area contributed by atoms with Crippen LogP contribution in [0.15, 0.2) is 0 Å². The fourth-order valence-electron chi connectivity index (χ4n) is 6.25. The van der Waals surface area contributed by atoms with E-state index in [9.17, 15) is 20.1 Å². The first-order valence-corrected chi connectivity index (χ1v) is 9.84. The molecule has 0 aromatic rings. The summed E-state index contributed by atoms with van der Waals surface area (Å²) in [4.78, 5) is 11.4. The van der Waals surface area contributed by atoms with E-state index in [0.29, 0.717) is 31.8 Å². The first kappa shape index (κ1) is 19.1. The predicted molar refractivity (Wildman–Crippen MR) is 93.7 cm³/mol. The van der Waals surface area contributed by atoms with Crippen LogP contribution in [-0.4, -0.2) is 46.2 Å². The van der Waals surface area contributed by atoms with E-state index in [4.69, 9.17) is 4.74 Å². The van der Waals surface area contributed by atoms with Crippen molar-refractivity contribution in [1.82, 2.24) is 0 Å². The first-order valence-electron chi connectivity index (χ1n) is 9.84. The van der Waals surface area contributed by atoms with Gasteiger partial charge in [-0.25, -0.2) is 0 Å². The second-order valence-corrected chi connectivity index (χ2v) is 9.37. The van der Waals surface area contributed by atoms with Gasteiger partial charge in [0.25, 0.3) is 0 Å². The van der Waals surface area contributed by atoms with Crippen molar-refractivity contribution >= 4 is 5.97 Å². The van der Waals surface area contributed by atoms with Crippen LogP contribution in [0.4, 0.5) is 0 Å². The molecule has 1 saturated heterocycles. The minimum atomic E-state index is -1.06. The number of fused-ring (bicyclic) bond motifs is 1. The molecule has 3 N–H and O–H groups in total. The number of rotatable bonds is 4. The third-order valence-electron chi connectivity index (χ3n) is 8.16. The number of carbonyl (C=O) groups excluding carboxylic acids is 1. The zero-order valence-corrected chi connectivity index (χ0v) is 15.8. The van der Waals surface area contributed by atoms with Gasteiger partial charge < -0.3 is 20.1 Å².